The maximum atomic E-state index is 11.4. The maximum Gasteiger partial charge on any atom is 0.407 e. The van der Waals surface area contributed by atoms with E-state index in [-0.39, 0.29) is 12.1 Å². The third-order valence-corrected chi connectivity index (χ3v) is 2.24. The van der Waals surface area contributed by atoms with Gasteiger partial charge in [-0.25, -0.2) is 4.79 Å². The second-order valence-corrected chi connectivity index (χ2v) is 4.82. The van der Waals surface area contributed by atoms with Crippen LogP contribution in [-0.2, 0) is 4.74 Å². The Hall–Kier alpha value is -0.730. The Morgan fingerprint density at radius 2 is 1.86 bits per heavy atom. The van der Waals surface area contributed by atoms with Gasteiger partial charge in [0.25, 0.3) is 0 Å². The first-order valence-electron chi connectivity index (χ1n) is 5.25. The molecule has 0 aliphatic carbocycles. The van der Waals surface area contributed by atoms with Crippen molar-refractivity contribution in [3.05, 3.63) is 0 Å². The molecule has 2 atom stereocenters. The van der Waals surface area contributed by atoms with E-state index in [1.165, 1.54) is 0 Å². The summed E-state index contributed by atoms with van der Waals surface area (Å²) in [6.45, 7) is 11.8. The van der Waals surface area contributed by atoms with Crippen LogP contribution in [0, 0.1) is 5.92 Å². The lowest BCUT2D eigenvalue weighted by atomic mass is 10.0. The molecule has 0 saturated heterocycles. The molecule has 0 saturated carbocycles. The molecule has 1 N–H and O–H groups in total. The smallest absolute Gasteiger partial charge is 0.407 e. The second kappa shape index (κ2) is 5.23. The van der Waals surface area contributed by atoms with E-state index in [9.17, 15) is 4.79 Å². The first-order valence-corrected chi connectivity index (χ1v) is 5.25. The lowest BCUT2D eigenvalue weighted by molar-refractivity contribution is 0.0493. The van der Waals surface area contributed by atoms with E-state index in [0.29, 0.717) is 5.92 Å². The molecule has 0 aromatic carbocycles. The van der Waals surface area contributed by atoms with Crippen molar-refractivity contribution in [2.45, 2.75) is 59.6 Å². The molecule has 0 fully saturated rings. The Morgan fingerprint density at radius 1 is 1.36 bits per heavy atom. The van der Waals surface area contributed by atoms with Crippen molar-refractivity contribution < 1.29 is 9.53 Å². The van der Waals surface area contributed by atoms with Gasteiger partial charge in [0.2, 0.25) is 0 Å². The van der Waals surface area contributed by atoms with Gasteiger partial charge in [0.05, 0.1) is 0 Å². The van der Waals surface area contributed by atoms with Crippen molar-refractivity contribution in [3.63, 3.8) is 0 Å². The third-order valence-electron chi connectivity index (χ3n) is 2.24. The van der Waals surface area contributed by atoms with Gasteiger partial charge in [0.15, 0.2) is 0 Å². The van der Waals surface area contributed by atoms with Crippen LogP contribution in [0.5, 0.6) is 0 Å². The highest BCUT2D eigenvalue weighted by Crippen LogP contribution is 2.10. The number of amides is 1. The van der Waals surface area contributed by atoms with E-state index in [0.717, 1.165) is 6.42 Å². The number of ether oxygens (including phenoxy) is 1. The van der Waals surface area contributed by atoms with Gasteiger partial charge in [-0.15, -0.1) is 0 Å². The molecule has 0 heterocycles. The van der Waals surface area contributed by atoms with Gasteiger partial charge in [0, 0.05) is 6.04 Å². The molecule has 0 rings (SSSR count). The van der Waals surface area contributed by atoms with Crippen LogP contribution in [-0.4, -0.2) is 17.7 Å². The Labute approximate surface area is 87.2 Å². The number of nitrogens with one attached hydrogen (secondary N) is 1. The summed E-state index contributed by atoms with van der Waals surface area (Å²) in [5, 5.41) is 2.83. The summed E-state index contributed by atoms with van der Waals surface area (Å²) in [4.78, 5) is 11.4. The minimum Gasteiger partial charge on any atom is -0.444 e. The van der Waals surface area contributed by atoms with E-state index in [2.05, 4.69) is 19.2 Å². The fourth-order valence-corrected chi connectivity index (χ4v) is 0.989. The molecular formula is C11H23NO2. The molecule has 0 aliphatic heterocycles. The minimum atomic E-state index is -0.417. The van der Waals surface area contributed by atoms with Gasteiger partial charge >= 0.3 is 6.09 Å². The zero-order valence-corrected chi connectivity index (χ0v) is 10.2. The number of hydrogen-bond acceptors (Lipinski definition) is 2. The van der Waals surface area contributed by atoms with Gasteiger partial charge in [-0.05, 0) is 33.6 Å². The lowest BCUT2D eigenvalue weighted by Crippen LogP contribution is -2.40. The molecular weight excluding hydrogens is 178 g/mol. The van der Waals surface area contributed by atoms with Crippen LogP contribution in [0.15, 0.2) is 0 Å². The van der Waals surface area contributed by atoms with Crippen molar-refractivity contribution in [2.24, 2.45) is 5.92 Å². The van der Waals surface area contributed by atoms with E-state index in [1.54, 1.807) is 0 Å². The average molecular weight is 201 g/mol. The van der Waals surface area contributed by atoms with E-state index in [4.69, 9.17) is 4.74 Å². The summed E-state index contributed by atoms with van der Waals surface area (Å²) in [6.07, 6.45) is 0.724. The van der Waals surface area contributed by atoms with Crippen molar-refractivity contribution in [2.75, 3.05) is 0 Å². The summed E-state index contributed by atoms with van der Waals surface area (Å²) in [6, 6.07) is 0.162. The van der Waals surface area contributed by atoms with Crippen LogP contribution in [0.4, 0.5) is 4.79 Å². The first kappa shape index (κ1) is 13.3. The molecule has 3 heteroatoms. The molecule has 0 bridgehead atoms. The third kappa shape index (κ3) is 5.84. The molecule has 1 amide bonds. The predicted molar refractivity (Wildman–Crippen MR) is 58.3 cm³/mol. The molecule has 0 unspecified atom stereocenters. The van der Waals surface area contributed by atoms with Gasteiger partial charge in [-0.2, -0.15) is 0 Å². The first-order chi connectivity index (χ1) is 6.26. The fourth-order valence-electron chi connectivity index (χ4n) is 0.989. The SMILES string of the molecule is CC[C@@H](C)[C@H](C)NC(=O)OC(C)(C)C. The summed E-state index contributed by atoms with van der Waals surface area (Å²) in [7, 11) is 0. The quantitative estimate of drug-likeness (QED) is 0.762. The van der Waals surface area contributed by atoms with Crippen LogP contribution in [0.2, 0.25) is 0 Å². The number of alkyl carbamates (subject to hydrolysis) is 1. The minimum absolute atomic E-state index is 0.162. The summed E-state index contributed by atoms with van der Waals surface area (Å²) in [5.74, 6) is 0.475. The van der Waals surface area contributed by atoms with Crippen molar-refractivity contribution in [1.82, 2.24) is 5.32 Å². The molecule has 84 valence electrons. The lowest BCUT2D eigenvalue weighted by Gasteiger charge is -2.24. The number of hydrogen-bond donors (Lipinski definition) is 1. The monoisotopic (exact) mass is 201 g/mol. The van der Waals surface area contributed by atoms with Crippen LogP contribution in [0.1, 0.15) is 48.0 Å². The maximum absolute atomic E-state index is 11.4. The molecule has 0 spiro atoms. The Morgan fingerprint density at radius 3 is 2.21 bits per heavy atom. The zero-order chi connectivity index (χ0) is 11.4. The molecule has 0 aromatic heterocycles. The van der Waals surface area contributed by atoms with E-state index in [1.807, 2.05) is 27.7 Å². The Bertz CT molecular complexity index is 184. The number of carbonyl (C=O) groups excluding carboxylic acids is 1. The standard InChI is InChI=1S/C11H23NO2/c1-7-8(2)9(3)12-10(13)14-11(4,5)6/h8-9H,7H2,1-6H3,(H,12,13)/t8-,9+/m1/s1. The van der Waals surface area contributed by atoms with Crippen LogP contribution in [0.25, 0.3) is 0 Å². The Kier molecular flexibility index (Phi) is 4.95. The molecule has 0 radical (unpaired) electrons. The zero-order valence-electron chi connectivity index (χ0n) is 10.2. The summed E-state index contributed by atoms with van der Waals surface area (Å²) >= 11 is 0. The summed E-state index contributed by atoms with van der Waals surface area (Å²) < 4.78 is 5.15. The second-order valence-electron chi connectivity index (χ2n) is 4.82. The predicted octanol–water partition coefficient (Wildman–Crippen LogP) is 2.95. The van der Waals surface area contributed by atoms with Crippen LogP contribution >= 0.6 is 0 Å². The molecule has 3 nitrogen and oxygen atoms in total. The van der Waals surface area contributed by atoms with Gasteiger partial charge in [0.1, 0.15) is 5.60 Å². The topological polar surface area (TPSA) is 38.3 Å². The fraction of sp³-hybridized carbons (Fsp3) is 0.909. The van der Waals surface area contributed by atoms with Crippen molar-refractivity contribution in [3.8, 4) is 0 Å². The highest BCUT2D eigenvalue weighted by atomic mass is 16.6. The van der Waals surface area contributed by atoms with E-state index >= 15 is 0 Å². The average Bonchev–Trinajstić information content (AvgIpc) is 1.99. The number of carbonyl (C=O) groups is 1. The largest absolute Gasteiger partial charge is 0.444 e. The van der Waals surface area contributed by atoms with E-state index < -0.39 is 5.60 Å². The van der Waals surface area contributed by atoms with Crippen LogP contribution < -0.4 is 5.32 Å². The van der Waals surface area contributed by atoms with Crippen molar-refractivity contribution in [1.29, 1.82) is 0 Å². The molecule has 14 heavy (non-hydrogen) atoms. The highest BCUT2D eigenvalue weighted by Gasteiger charge is 2.19. The molecule has 0 aromatic rings. The highest BCUT2D eigenvalue weighted by molar-refractivity contribution is 5.68. The summed E-state index contributed by atoms with van der Waals surface area (Å²) in [5.41, 5.74) is -0.417. The normalized spacial score (nSPS) is 15.9. The Balaban J connectivity index is 3.95. The van der Waals surface area contributed by atoms with Crippen LogP contribution in [0.3, 0.4) is 0 Å². The van der Waals surface area contributed by atoms with Gasteiger partial charge in [-0.3, -0.25) is 0 Å². The van der Waals surface area contributed by atoms with Gasteiger partial charge in [-0.1, -0.05) is 20.3 Å². The molecule has 0 aliphatic rings. The van der Waals surface area contributed by atoms with Crippen molar-refractivity contribution >= 4 is 6.09 Å². The number of rotatable bonds is 3. The van der Waals surface area contributed by atoms with Gasteiger partial charge < -0.3 is 10.1 Å².